The summed E-state index contributed by atoms with van der Waals surface area (Å²) in [7, 11) is 0. The first kappa shape index (κ1) is 21.4. The summed E-state index contributed by atoms with van der Waals surface area (Å²) in [5.41, 5.74) is 3.43. The average molecular weight is 509 g/mol. The van der Waals surface area contributed by atoms with Crippen molar-refractivity contribution in [3.63, 3.8) is 0 Å². The minimum atomic E-state index is -0.165. The van der Waals surface area contributed by atoms with Crippen LogP contribution in [0.4, 0.5) is 16.8 Å². The van der Waals surface area contributed by atoms with E-state index in [1.165, 1.54) is 11.1 Å². The number of nitrogens with zero attached hydrogens (tertiary/aromatic N) is 2. The normalized spacial score (nSPS) is 18.6. The van der Waals surface area contributed by atoms with Gasteiger partial charge in [-0.05, 0) is 73.6 Å². The number of benzene rings is 2. The minimum absolute atomic E-state index is 0.165. The molecule has 0 spiro atoms. The average Bonchev–Trinajstić information content (AvgIpc) is 3.17. The van der Waals surface area contributed by atoms with Gasteiger partial charge in [0.05, 0.1) is 16.3 Å². The Morgan fingerprint density at radius 2 is 1.69 bits per heavy atom. The van der Waals surface area contributed by atoms with Gasteiger partial charge in [-0.2, -0.15) is 0 Å². The molecule has 0 unspecified atom stereocenters. The third-order valence-electron chi connectivity index (χ3n) is 5.77. The molecule has 2 aromatic heterocycles. The van der Waals surface area contributed by atoms with E-state index >= 15 is 0 Å². The Balaban J connectivity index is 1.42. The number of anilines is 3. The number of halogens is 1. The monoisotopic (exact) mass is 508 g/mol. The lowest BCUT2D eigenvalue weighted by atomic mass is 9.93. The van der Waals surface area contributed by atoms with Crippen molar-refractivity contribution in [2.45, 2.75) is 44.2 Å². The van der Waals surface area contributed by atoms with E-state index in [2.05, 4.69) is 69.0 Å². The van der Waals surface area contributed by atoms with Gasteiger partial charge < -0.3 is 15.7 Å². The molecular formula is C25H25BrN4OS. The summed E-state index contributed by atoms with van der Waals surface area (Å²) >= 11 is 5.15. The van der Waals surface area contributed by atoms with E-state index < -0.39 is 0 Å². The zero-order valence-electron chi connectivity index (χ0n) is 17.6. The lowest BCUT2D eigenvalue weighted by molar-refractivity contribution is 0.126. The van der Waals surface area contributed by atoms with Crippen molar-refractivity contribution in [1.82, 2.24) is 9.97 Å². The smallest absolute Gasteiger partial charge is 0.189 e. The zero-order chi connectivity index (χ0) is 21.9. The highest BCUT2D eigenvalue weighted by Crippen LogP contribution is 2.31. The van der Waals surface area contributed by atoms with Gasteiger partial charge in [-0.15, -0.1) is 0 Å². The molecule has 5 rings (SSSR count). The van der Waals surface area contributed by atoms with Crippen molar-refractivity contribution in [2.75, 3.05) is 10.6 Å². The number of hydrogen-bond donors (Lipinski definition) is 3. The fourth-order valence-corrected chi connectivity index (χ4v) is 5.57. The van der Waals surface area contributed by atoms with Crippen LogP contribution in [-0.4, -0.2) is 27.2 Å². The van der Waals surface area contributed by atoms with Crippen molar-refractivity contribution in [3.8, 4) is 0 Å². The fourth-order valence-electron chi connectivity index (χ4n) is 4.15. The summed E-state index contributed by atoms with van der Waals surface area (Å²) in [4.78, 5) is 9.56. The predicted octanol–water partition coefficient (Wildman–Crippen LogP) is 6.50. The van der Waals surface area contributed by atoms with E-state index in [0.717, 1.165) is 63.6 Å². The topological polar surface area (TPSA) is 70.1 Å². The Labute approximate surface area is 200 Å². The fraction of sp³-hybridized carbons (Fsp3) is 0.280. The third-order valence-corrected chi connectivity index (χ3v) is 7.20. The highest BCUT2D eigenvalue weighted by Gasteiger charge is 2.20. The second-order valence-electron chi connectivity index (χ2n) is 8.31. The van der Waals surface area contributed by atoms with Gasteiger partial charge in [0.2, 0.25) is 0 Å². The highest BCUT2D eigenvalue weighted by atomic mass is 79.9. The summed E-state index contributed by atoms with van der Waals surface area (Å²) in [5.74, 6) is 1.65. The summed E-state index contributed by atoms with van der Waals surface area (Å²) in [5, 5.41) is 17.7. The van der Waals surface area contributed by atoms with E-state index in [1.807, 2.05) is 18.2 Å². The predicted molar refractivity (Wildman–Crippen MR) is 136 cm³/mol. The van der Waals surface area contributed by atoms with Crippen molar-refractivity contribution in [1.29, 1.82) is 0 Å². The molecule has 1 aliphatic carbocycles. The molecule has 5 nitrogen and oxygen atoms in total. The van der Waals surface area contributed by atoms with Crippen LogP contribution in [-0.2, 0) is 6.42 Å². The number of aliphatic hydroxyl groups is 1. The van der Waals surface area contributed by atoms with Gasteiger partial charge in [0.15, 0.2) is 5.13 Å². The van der Waals surface area contributed by atoms with E-state index in [0.29, 0.717) is 6.04 Å². The third kappa shape index (κ3) is 5.28. The molecule has 0 bridgehead atoms. The first-order valence-electron chi connectivity index (χ1n) is 10.9. The molecule has 0 atom stereocenters. The maximum atomic E-state index is 9.82. The first-order valence-corrected chi connectivity index (χ1v) is 12.5. The van der Waals surface area contributed by atoms with E-state index in [9.17, 15) is 5.11 Å². The van der Waals surface area contributed by atoms with Crippen LogP contribution in [0, 0.1) is 0 Å². The molecule has 1 saturated carbocycles. The van der Waals surface area contributed by atoms with Crippen molar-refractivity contribution in [2.24, 2.45) is 0 Å². The minimum Gasteiger partial charge on any atom is -0.393 e. The van der Waals surface area contributed by atoms with Gasteiger partial charge in [-0.1, -0.05) is 57.6 Å². The van der Waals surface area contributed by atoms with Gasteiger partial charge >= 0.3 is 0 Å². The lowest BCUT2D eigenvalue weighted by Gasteiger charge is -2.27. The van der Waals surface area contributed by atoms with Gasteiger partial charge in [0.25, 0.3) is 0 Å². The van der Waals surface area contributed by atoms with E-state index in [1.54, 1.807) is 11.3 Å². The van der Waals surface area contributed by atoms with Crippen LogP contribution < -0.4 is 10.6 Å². The Bertz CT molecular complexity index is 1210. The molecule has 3 N–H and O–H groups in total. The molecule has 0 radical (unpaired) electrons. The SMILES string of the molecule is OC1CCC(Nc2cc(Cc3ccccc3)cc(Nc3nc4ccc(Br)cc4s3)n2)CC1. The second kappa shape index (κ2) is 9.57. The van der Waals surface area contributed by atoms with Crippen LogP contribution in [0.15, 0.2) is 65.1 Å². The molecule has 0 aliphatic heterocycles. The van der Waals surface area contributed by atoms with Gasteiger partial charge in [-0.3, -0.25) is 0 Å². The van der Waals surface area contributed by atoms with Gasteiger partial charge in [0.1, 0.15) is 11.6 Å². The van der Waals surface area contributed by atoms with Crippen molar-refractivity contribution >= 4 is 54.3 Å². The standard InChI is InChI=1S/C25H25BrN4OS/c26-18-6-11-21-22(15-18)32-25(28-21)30-24-14-17(12-16-4-2-1-3-5-16)13-23(29-24)27-19-7-9-20(31)10-8-19/h1-6,11,13-15,19-20,31H,7-10,12H2,(H2,27,28,29,30). The number of pyridine rings is 1. The van der Waals surface area contributed by atoms with E-state index in [4.69, 9.17) is 9.97 Å². The number of aliphatic hydroxyl groups excluding tert-OH is 1. The van der Waals surface area contributed by atoms with Crippen LogP contribution >= 0.6 is 27.3 Å². The van der Waals surface area contributed by atoms with Gasteiger partial charge in [0, 0.05) is 10.5 Å². The lowest BCUT2D eigenvalue weighted by Crippen LogP contribution is -2.28. The van der Waals surface area contributed by atoms with Crippen LogP contribution in [0.2, 0.25) is 0 Å². The van der Waals surface area contributed by atoms with E-state index in [-0.39, 0.29) is 6.10 Å². The number of fused-ring (bicyclic) bond motifs is 1. The van der Waals surface area contributed by atoms with Crippen LogP contribution in [0.1, 0.15) is 36.8 Å². The summed E-state index contributed by atoms with van der Waals surface area (Å²) in [6.45, 7) is 0. The second-order valence-corrected chi connectivity index (χ2v) is 10.3. The summed E-state index contributed by atoms with van der Waals surface area (Å²) < 4.78 is 2.17. The molecule has 32 heavy (non-hydrogen) atoms. The zero-order valence-corrected chi connectivity index (χ0v) is 20.0. The molecular weight excluding hydrogens is 484 g/mol. The van der Waals surface area contributed by atoms with Crippen molar-refractivity contribution < 1.29 is 5.11 Å². The van der Waals surface area contributed by atoms with Gasteiger partial charge in [-0.25, -0.2) is 9.97 Å². The Kier molecular flexibility index (Phi) is 6.39. The number of aromatic nitrogens is 2. The molecule has 164 valence electrons. The molecule has 0 saturated heterocycles. The molecule has 0 amide bonds. The molecule has 4 aromatic rings. The molecule has 2 aromatic carbocycles. The largest absolute Gasteiger partial charge is 0.393 e. The number of hydrogen-bond acceptors (Lipinski definition) is 6. The molecule has 1 aliphatic rings. The first-order chi connectivity index (χ1) is 15.6. The van der Waals surface area contributed by atoms with Crippen molar-refractivity contribution in [3.05, 3.63) is 76.3 Å². The quantitative estimate of drug-likeness (QED) is 0.277. The molecule has 2 heterocycles. The maximum absolute atomic E-state index is 9.82. The van der Waals surface area contributed by atoms with Crippen LogP contribution in [0.3, 0.4) is 0 Å². The molecule has 7 heteroatoms. The summed E-state index contributed by atoms with van der Waals surface area (Å²) in [6.07, 6.45) is 4.27. The van der Waals surface area contributed by atoms with Crippen LogP contribution in [0.25, 0.3) is 10.2 Å². The maximum Gasteiger partial charge on any atom is 0.189 e. The Hall–Kier alpha value is -2.48. The summed E-state index contributed by atoms with van der Waals surface area (Å²) in [6, 6.07) is 21.2. The number of rotatable bonds is 6. The van der Waals surface area contributed by atoms with Crippen LogP contribution in [0.5, 0.6) is 0 Å². The highest BCUT2D eigenvalue weighted by molar-refractivity contribution is 9.10. The number of nitrogens with one attached hydrogen (secondary N) is 2. The Morgan fingerprint density at radius 1 is 0.906 bits per heavy atom. The molecule has 1 fully saturated rings. The number of thiazole rings is 1. The Morgan fingerprint density at radius 3 is 2.50 bits per heavy atom.